The van der Waals surface area contributed by atoms with Gasteiger partial charge in [-0.05, 0) is 28.8 Å². The minimum Gasteiger partial charge on any atom is -0.810 e. The van der Waals surface area contributed by atoms with Crippen LogP contribution in [0.15, 0.2) is 91.6 Å². The molecule has 2 unspecified atom stereocenters. The molecule has 1 N–H and O–H groups in total. The van der Waals surface area contributed by atoms with E-state index in [4.69, 9.17) is 4.52 Å². The summed E-state index contributed by atoms with van der Waals surface area (Å²) in [6, 6.07) is 20.3. The first-order valence-electron chi connectivity index (χ1n) is 15.1. The molecule has 244 valence electrons. The van der Waals surface area contributed by atoms with Crippen molar-refractivity contribution in [3.8, 4) is 5.75 Å². The third-order valence-corrected chi connectivity index (χ3v) is 8.65. The van der Waals surface area contributed by atoms with Crippen LogP contribution in [-0.4, -0.2) is 79.3 Å². The number of nitrogens with one attached hydrogen (secondary N) is 1. The van der Waals surface area contributed by atoms with Gasteiger partial charge in [0.2, 0.25) is 11.8 Å². The zero-order valence-corrected chi connectivity index (χ0v) is 32.7. The van der Waals surface area contributed by atoms with Gasteiger partial charge in [-0.2, -0.15) is 5.10 Å². The Morgan fingerprint density at radius 2 is 1.78 bits per heavy atom. The molecule has 0 bridgehead atoms. The van der Waals surface area contributed by atoms with Gasteiger partial charge in [-0.15, -0.1) is 6.58 Å². The molecule has 2 saturated heterocycles. The number of fused-ring (bicyclic) bond motifs is 2. The van der Waals surface area contributed by atoms with E-state index >= 15 is 0 Å². The Labute approximate surface area is 330 Å². The fourth-order valence-electron chi connectivity index (χ4n) is 6.25. The molecule has 49 heavy (non-hydrogen) atoms. The normalized spacial score (nSPS) is 17.8. The van der Waals surface area contributed by atoms with Crippen LogP contribution in [0.1, 0.15) is 16.7 Å². The fraction of sp³-hybridized carbons (Fsp3) is 0.273. The minimum absolute atomic E-state index is 0. The Hall–Kier alpha value is -2.81. The number of hydrogen-bond acceptors (Lipinski definition) is 8. The van der Waals surface area contributed by atoms with Gasteiger partial charge < -0.3 is 29.4 Å². The predicted octanol–water partition coefficient (Wildman–Crippen LogP) is -4.36. The van der Waals surface area contributed by atoms with Crippen molar-refractivity contribution in [3.63, 3.8) is 0 Å². The predicted molar refractivity (Wildman–Crippen MR) is 171 cm³/mol. The second-order valence-electron chi connectivity index (χ2n) is 11.5. The Morgan fingerprint density at radius 1 is 1.04 bits per heavy atom. The Bertz CT molecular complexity index is 1780. The molecule has 2 fully saturated rings. The summed E-state index contributed by atoms with van der Waals surface area (Å²) in [6.45, 7) is 4.51. The maximum absolute atomic E-state index is 14.3. The van der Waals surface area contributed by atoms with Crippen molar-refractivity contribution >= 4 is 37.4 Å². The van der Waals surface area contributed by atoms with Crippen LogP contribution < -0.4 is 78.7 Å². The maximum Gasteiger partial charge on any atom is 1.00 e. The van der Waals surface area contributed by atoms with Crippen LogP contribution in [0.25, 0.3) is 10.9 Å². The number of aromatic nitrogens is 2. The van der Waals surface area contributed by atoms with Crippen LogP contribution in [0.3, 0.4) is 0 Å². The summed E-state index contributed by atoms with van der Waals surface area (Å²) < 4.78 is 6.50. The van der Waals surface area contributed by atoms with E-state index in [9.17, 15) is 24.2 Å². The summed E-state index contributed by atoms with van der Waals surface area (Å²) in [4.78, 5) is 67.4. The number of rotatable bonds is 10. The van der Waals surface area contributed by atoms with Crippen LogP contribution in [0.4, 0.5) is 4.79 Å². The van der Waals surface area contributed by atoms with Crippen molar-refractivity contribution in [2.24, 2.45) is 7.05 Å². The van der Waals surface area contributed by atoms with E-state index < -0.39 is 26.8 Å². The minimum atomic E-state index is -3.08. The second kappa shape index (κ2) is 17.4. The first-order chi connectivity index (χ1) is 22.7. The van der Waals surface area contributed by atoms with Crippen LogP contribution in [0.2, 0.25) is 0 Å². The van der Waals surface area contributed by atoms with Crippen molar-refractivity contribution in [1.29, 1.82) is 0 Å². The summed E-state index contributed by atoms with van der Waals surface area (Å²) in [5.74, 6) is -0.428. The monoisotopic (exact) mass is 701 g/mol. The van der Waals surface area contributed by atoms with Crippen molar-refractivity contribution < 1.29 is 87.8 Å². The summed E-state index contributed by atoms with van der Waals surface area (Å²) in [6.07, 6.45) is 2.86. The van der Waals surface area contributed by atoms with Gasteiger partial charge in [0, 0.05) is 44.7 Å². The van der Waals surface area contributed by atoms with Gasteiger partial charge in [-0.1, -0.05) is 75.3 Å². The van der Waals surface area contributed by atoms with Gasteiger partial charge in [-0.25, -0.2) is 14.8 Å². The van der Waals surface area contributed by atoms with Gasteiger partial charge in [0.15, 0.2) is 0 Å². The SMILES string of the molecule is C=CCN1CC(=O)N2C(Cc3ccc(OP([O-])[O-])cc3)C(=O)N(Cc3cccc4cn(C)nc34)CC2N1C(=O)NCc1ccccc1.[Na+].[Na+]. The van der Waals surface area contributed by atoms with Crippen molar-refractivity contribution in [3.05, 3.63) is 108 Å². The molecule has 2 aliphatic heterocycles. The number of carbonyl (C=O) groups excluding carboxylic acids is 3. The van der Waals surface area contributed by atoms with Crippen LogP contribution in [-0.2, 0) is 36.1 Å². The molecule has 13 nitrogen and oxygen atoms in total. The number of urea groups is 1. The summed E-state index contributed by atoms with van der Waals surface area (Å²) in [5, 5.41) is 11.7. The fourth-order valence-corrected chi connectivity index (χ4v) is 6.55. The molecule has 1 aromatic heterocycles. The molecule has 2 aliphatic rings. The van der Waals surface area contributed by atoms with Gasteiger partial charge >= 0.3 is 65.1 Å². The van der Waals surface area contributed by atoms with Gasteiger partial charge in [0.1, 0.15) is 18.0 Å². The van der Waals surface area contributed by atoms with E-state index in [1.54, 1.807) is 32.8 Å². The van der Waals surface area contributed by atoms with E-state index in [0.717, 1.165) is 22.0 Å². The third-order valence-electron chi connectivity index (χ3n) is 8.29. The molecule has 0 radical (unpaired) electrons. The van der Waals surface area contributed by atoms with E-state index in [0.29, 0.717) is 5.56 Å². The first-order valence-corrected chi connectivity index (χ1v) is 16.2. The molecular weight excluding hydrogens is 667 g/mol. The van der Waals surface area contributed by atoms with Crippen molar-refractivity contribution in [2.45, 2.75) is 31.7 Å². The second-order valence-corrected chi connectivity index (χ2v) is 12.1. The van der Waals surface area contributed by atoms with Crippen LogP contribution >= 0.6 is 8.60 Å². The molecule has 0 aliphatic carbocycles. The number of amides is 4. The molecule has 4 amide bonds. The molecule has 3 aromatic carbocycles. The average Bonchev–Trinajstić information content (AvgIpc) is 3.44. The molecule has 3 heterocycles. The van der Waals surface area contributed by atoms with Crippen LogP contribution in [0, 0.1) is 0 Å². The number of nitrogens with zero attached hydrogens (tertiary/aromatic N) is 6. The Balaban J connectivity index is 0.00000270. The topological polar surface area (TPSA) is 149 Å². The molecule has 0 saturated carbocycles. The van der Waals surface area contributed by atoms with Gasteiger partial charge in [0.05, 0.1) is 18.6 Å². The van der Waals surface area contributed by atoms with E-state index in [1.807, 2.05) is 61.8 Å². The van der Waals surface area contributed by atoms with E-state index in [2.05, 4.69) is 17.0 Å². The summed E-state index contributed by atoms with van der Waals surface area (Å²) in [7, 11) is -1.24. The number of hydrazine groups is 1. The first kappa shape index (κ1) is 39.0. The van der Waals surface area contributed by atoms with E-state index in [-0.39, 0.29) is 116 Å². The number of aryl methyl sites for hydroxylation is 1. The molecule has 16 heteroatoms. The third kappa shape index (κ3) is 8.92. The average molecular weight is 702 g/mol. The summed E-state index contributed by atoms with van der Waals surface area (Å²) in [5.41, 5.74) is 3.20. The Kier molecular flexibility index (Phi) is 13.9. The molecule has 6 rings (SSSR count). The number of piperazine rings is 1. The maximum atomic E-state index is 14.3. The largest absolute Gasteiger partial charge is 1.00 e. The molecular formula is C33H34N7Na2O6P. The summed E-state index contributed by atoms with van der Waals surface area (Å²) >= 11 is 0. The van der Waals surface area contributed by atoms with Crippen molar-refractivity contribution in [2.75, 3.05) is 19.6 Å². The zero-order chi connectivity index (χ0) is 33.1. The standard InChI is InChI=1S/C33H34N7O6P.2Na/c1-3-16-38-22-30(41)39-28(17-23-12-14-27(15-13-23)46-47(44)45)32(42)37(20-26-11-7-10-25-19-36(2)35-31(25)26)21-29(39)40(38)33(43)34-18-24-8-5-4-6-9-24;;/h3-15,19,28-29H,1,16-18,20-22H2,2H3,(H,34,43);;/q-2;2*+1. The zero-order valence-electron chi connectivity index (χ0n) is 27.8. The Morgan fingerprint density at radius 3 is 2.47 bits per heavy atom. The molecule has 0 spiro atoms. The van der Waals surface area contributed by atoms with Gasteiger partial charge in [-0.3, -0.25) is 14.3 Å². The van der Waals surface area contributed by atoms with Gasteiger partial charge in [0.25, 0.3) is 0 Å². The molecule has 4 aromatic rings. The smallest absolute Gasteiger partial charge is 0.810 e. The number of benzene rings is 3. The van der Waals surface area contributed by atoms with E-state index in [1.165, 1.54) is 22.0 Å². The van der Waals surface area contributed by atoms with Crippen molar-refractivity contribution in [1.82, 2.24) is 34.9 Å². The molecule has 2 atom stereocenters. The quantitative estimate of drug-likeness (QED) is 0.0992. The number of carbonyl (C=O) groups is 3. The van der Waals surface area contributed by atoms with Crippen LogP contribution in [0.5, 0.6) is 5.75 Å². The number of hydrogen-bond donors (Lipinski definition) is 1.